The highest BCUT2D eigenvalue weighted by Crippen LogP contribution is 2.28. The molecule has 0 radical (unpaired) electrons. The van der Waals surface area contributed by atoms with Crippen molar-refractivity contribution in [1.29, 1.82) is 0 Å². The van der Waals surface area contributed by atoms with Gasteiger partial charge in [-0.2, -0.15) is 0 Å². The van der Waals surface area contributed by atoms with Crippen LogP contribution in [0.4, 0.5) is 14.3 Å². The predicted molar refractivity (Wildman–Crippen MR) is 77.0 cm³/mol. The minimum atomic E-state index is -2.11. The molecule has 1 atom stereocenters. The van der Waals surface area contributed by atoms with Gasteiger partial charge in [0.1, 0.15) is 5.60 Å². The number of rotatable bonds is 2. The van der Waals surface area contributed by atoms with Crippen molar-refractivity contribution in [3.63, 3.8) is 0 Å². The van der Waals surface area contributed by atoms with Gasteiger partial charge in [0.15, 0.2) is 5.13 Å². The van der Waals surface area contributed by atoms with E-state index in [1.54, 1.807) is 26.2 Å². The lowest BCUT2D eigenvalue weighted by atomic mass is 10.1. The second kappa shape index (κ2) is 5.59. The molecule has 1 aromatic rings. The molecule has 0 aromatic carbocycles. The van der Waals surface area contributed by atoms with Gasteiger partial charge in [-0.3, -0.25) is 10.1 Å². The Morgan fingerprint density at radius 3 is 2.81 bits per heavy atom. The first-order valence-electron chi connectivity index (χ1n) is 6.57. The van der Waals surface area contributed by atoms with Gasteiger partial charge < -0.3 is 9.64 Å². The Bertz CT molecular complexity index is 529. The molecule has 0 bridgehead atoms. The van der Waals surface area contributed by atoms with E-state index in [9.17, 15) is 14.0 Å². The SMILES string of the molecule is CC(C)(C)OC(=O)N1CCC(F)(C(=O)Nc2nccs2)C1. The number of ether oxygens (including phenoxy) is 1. The zero-order valence-corrected chi connectivity index (χ0v) is 13.0. The summed E-state index contributed by atoms with van der Waals surface area (Å²) in [4.78, 5) is 29.0. The van der Waals surface area contributed by atoms with Crippen molar-refractivity contribution in [2.75, 3.05) is 18.4 Å². The summed E-state index contributed by atoms with van der Waals surface area (Å²) in [5.74, 6) is -0.775. The molecule has 6 nitrogen and oxygen atoms in total. The number of thiazole rings is 1. The Balaban J connectivity index is 1.96. The third kappa shape index (κ3) is 3.90. The van der Waals surface area contributed by atoms with Crippen LogP contribution in [0.25, 0.3) is 0 Å². The van der Waals surface area contributed by atoms with E-state index in [2.05, 4.69) is 10.3 Å². The summed E-state index contributed by atoms with van der Waals surface area (Å²) in [6.45, 7) is 5.05. The van der Waals surface area contributed by atoms with E-state index in [1.807, 2.05) is 0 Å². The van der Waals surface area contributed by atoms with Crippen molar-refractivity contribution in [2.24, 2.45) is 0 Å². The number of likely N-dealkylation sites (tertiary alicyclic amines) is 1. The molecule has 2 rings (SSSR count). The highest BCUT2D eigenvalue weighted by Gasteiger charge is 2.47. The van der Waals surface area contributed by atoms with Crippen LogP contribution in [-0.4, -0.2) is 46.2 Å². The highest BCUT2D eigenvalue weighted by molar-refractivity contribution is 7.13. The number of carbonyl (C=O) groups is 2. The van der Waals surface area contributed by atoms with Gasteiger partial charge >= 0.3 is 6.09 Å². The highest BCUT2D eigenvalue weighted by atomic mass is 32.1. The maximum atomic E-state index is 14.7. The lowest BCUT2D eigenvalue weighted by Gasteiger charge is -2.25. The quantitative estimate of drug-likeness (QED) is 0.910. The number of nitrogens with one attached hydrogen (secondary N) is 1. The lowest BCUT2D eigenvalue weighted by molar-refractivity contribution is -0.126. The normalized spacial score (nSPS) is 22.2. The summed E-state index contributed by atoms with van der Waals surface area (Å²) in [7, 11) is 0. The Morgan fingerprint density at radius 1 is 1.52 bits per heavy atom. The molecule has 1 N–H and O–H groups in total. The van der Waals surface area contributed by atoms with E-state index in [1.165, 1.54) is 22.4 Å². The maximum absolute atomic E-state index is 14.7. The van der Waals surface area contributed by atoms with Crippen LogP contribution in [0.15, 0.2) is 11.6 Å². The maximum Gasteiger partial charge on any atom is 0.410 e. The summed E-state index contributed by atoms with van der Waals surface area (Å²) in [5, 5.41) is 4.45. The fourth-order valence-electron chi connectivity index (χ4n) is 1.93. The Hall–Kier alpha value is -1.70. The molecule has 1 aliphatic heterocycles. The van der Waals surface area contributed by atoms with Crippen LogP contribution >= 0.6 is 11.3 Å². The molecule has 0 spiro atoms. The van der Waals surface area contributed by atoms with Crippen molar-refractivity contribution in [3.05, 3.63) is 11.6 Å². The first-order valence-corrected chi connectivity index (χ1v) is 7.45. The monoisotopic (exact) mass is 315 g/mol. The van der Waals surface area contributed by atoms with E-state index < -0.39 is 23.3 Å². The fourth-order valence-corrected chi connectivity index (χ4v) is 2.46. The van der Waals surface area contributed by atoms with Gasteiger partial charge in [0.2, 0.25) is 5.67 Å². The van der Waals surface area contributed by atoms with Gasteiger partial charge in [-0.1, -0.05) is 0 Å². The van der Waals surface area contributed by atoms with Crippen LogP contribution in [0.3, 0.4) is 0 Å². The van der Waals surface area contributed by atoms with E-state index in [0.29, 0.717) is 5.13 Å². The van der Waals surface area contributed by atoms with Gasteiger partial charge in [-0.25, -0.2) is 14.2 Å². The third-order valence-corrected chi connectivity index (χ3v) is 3.62. The number of halogens is 1. The number of amides is 2. The Kier molecular flexibility index (Phi) is 4.18. The molecule has 116 valence electrons. The second-order valence-corrected chi connectivity index (χ2v) is 6.80. The van der Waals surface area contributed by atoms with E-state index in [-0.39, 0.29) is 19.5 Å². The summed E-state index contributed by atoms with van der Waals surface area (Å²) in [6.07, 6.45) is 0.861. The van der Waals surface area contributed by atoms with Gasteiger partial charge in [0, 0.05) is 24.5 Å². The van der Waals surface area contributed by atoms with E-state index in [4.69, 9.17) is 4.74 Å². The van der Waals surface area contributed by atoms with Gasteiger partial charge in [-0.05, 0) is 20.8 Å². The topological polar surface area (TPSA) is 71.5 Å². The number of aromatic nitrogens is 1. The van der Waals surface area contributed by atoms with Crippen LogP contribution in [0.5, 0.6) is 0 Å². The lowest BCUT2D eigenvalue weighted by Crippen LogP contribution is -2.43. The minimum Gasteiger partial charge on any atom is -0.444 e. The second-order valence-electron chi connectivity index (χ2n) is 5.91. The number of hydrogen-bond acceptors (Lipinski definition) is 5. The molecule has 2 heterocycles. The van der Waals surface area contributed by atoms with Crippen molar-refractivity contribution in [2.45, 2.75) is 38.5 Å². The molecule has 1 saturated heterocycles. The van der Waals surface area contributed by atoms with Crippen LogP contribution in [0, 0.1) is 0 Å². The molecule has 8 heteroatoms. The summed E-state index contributed by atoms with van der Waals surface area (Å²) < 4.78 is 19.8. The molecular weight excluding hydrogens is 297 g/mol. The van der Waals surface area contributed by atoms with E-state index >= 15 is 0 Å². The minimum absolute atomic E-state index is 0.0521. The number of alkyl halides is 1. The molecule has 1 fully saturated rings. The molecule has 21 heavy (non-hydrogen) atoms. The first kappa shape index (κ1) is 15.7. The van der Waals surface area contributed by atoms with Crippen molar-refractivity contribution >= 4 is 28.5 Å². The predicted octanol–water partition coefficient (Wildman–Crippen LogP) is 2.43. The zero-order valence-electron chi connectivity index (χ0n) is 12.2. The van der Waals surface area contributed by atoms with Crippen LogP contribution in [0.2, 0.25) is 0 Å². The molecule has 1 unspecified atom stereocenters. The van der Waals surface area contributed by atoms with Crippen molar-refractivity contribution in [1.82, 2.24) is 9.88 Å². The largest absolute Gasteiger partial charge is 0.444 e. The van der Waals surface area contributed by atoms with Crippen LogP contribution in [-0.2, 0) is 9.53 Å². The smallest absolute Gasteiger partial charge is 0.410 e. The molecule has 1 aromatic heterocycles. The number of nitrogens with zero attached hydrogens (tertiary/aromatic N) is 2. The first-order chi connectivity index (χ1) is 9.70. The molecule has 2 amide bonds. The van der Waals surface area contributed by atoms with Gasteiger partial charge in [0.05, 0.1) is 6.54 Å². The number of anilines is 1. The average Bonchev–Trinajstić information content (AvgIpc) is 2.97. The van der Waals surface area contributed by atoms with Gasteiger partial charge in [0.25, 0.3) is 5.91 Å². The molecule has 0 aliphatic carbocycles. The summed E-state index contributed by atoms with van der Waals surface area (Å²) in [5.41, 5.74) is -2.76. The Labute approximate surface area is 126 Å². The number of carbonyl (C=O) groups excluding carboxylic acids is 2. The molecule has 1 aliphatic rings. The fraction of sp³-hybridized carbons (Fsp3) is 0.615. The van der Waals surface area contributed by atoms with E-state index in [0.717, 1.165) is 0 Å². The number of hydrogen-bond donors (Lipinski definition) is 1. The third-order valence-electron chi connectivity index (χ3n) is 2.93. The molecular formula is C13H18FN3O3S. The zero-order chi connectivity index (χ0) is 15.7. The Morgan fingerprint density at radius 2 is 2.24 bits per heavy atom. The van der Waals surface area contributed by atoms with Crippen molar-refractivity contribution < 1.29 is 18.7 Å². The van der Waals surface area contributed by atoms with Gasteiger partial charge in [-0.15, -0.1) is 11.3 Å². The average molecular weight is 315 g/mol. The van der Waals surface area contributed by atoms with Crippen LogP contribution < -0.4 is 5.32 Å². The standard InChI is InChI=1S/C13H18FN3O3S/c1-12(2,3)20-11(19)17-6-4-13(14,8-17)9(18)16-10-15-5-7-21-10/h5,7H,4,6,8H2,1-3H3,(H,15,16,18). The molecule has 0 saturated carbocycles. The van der Waals surface area contributed by atoms with Crippen molar-refractivity contribution in [3.8, 4) is 0 Å². The summed E-state index contributed by atoms with van der Waals surface area (Å²) >= 11 is 1.21. The van der Waals surface area contributed by atoms with Crippen LogP contribution in [0.1, 0.15) is 27.2 Å². The summed E-state index contributed by atoms with van der Waals surface area (Å²) in [6, 6.07) is 0.